The predicted molar refractivity (Wildman–Crippen MR) is 162 cm³/mol. The number of piperidine rings is 1. The summed E-state index contributed by atoms with van der Waals surface area (Å²) in [7, 11) is 1.93. The Morgan fingerprint density at radius 2 is 1.17 bits per heavy atom. The van der Waals surface area contributed by atoms with Crippen molar-refractivity contribution in [2.45, 2.75) is 99.6 Å². The van der Waals surface area contributed by atoms with Crippen molar-refractivity contribution in [3.8, 4) is 0 Å². The second-order valence-electron chi connectivity index (χ2n) is 14.1. The first kappa shape index (κ1) is 33.4. The molecule has 1 N–H and O–H groups in total. The van der Waals surface area contributed by atoms with Gasteiger partial charge in [-0.1, -0.05) is 41.0 Å². The number of hydrogen-bond acceptors (Lipinski definition) is 10. The van der Waals surface area contributed by atoms with Gasteiger partial charge < -0.3 is 9.80 Å². The zero-order valence-corrected chi connectivity index (χ0v) is 27.4. The standard InChI is InChI=1S/C30H50N8O4/c1-12-13-14-35(11)25-31-20(2)32-26(33-25)36(15-17-37-21(39)27(3,4)19-28(5,6)22(37)40)16-18-38-23(41)29(7,8)34-30(9,10)24(38)42/h34H,12-19H2,1-11H3. The zero-order valence-electron chi connectivity index (χ0n) is 27.4. The first-order valence-corrected chi connectivity index (χ1v) is 14.9. The summed E-state index contributed by atoms with van der Waals surface area (Å²) >= 11 is 0. The molecule has 1 aromatic rings. The average molecular weight is 587 g/mol. The summed E-state index contributed by atoms with van der Waals surface area (Å²) < 4.78 is 0. The number of nitrogens with one attached hydrogen (secondary N) is 1. The Bertz CT molecular complexity index is 1110. The Hall–Kier alpha value is -3.15. The summed E-state index contributed by atoms with van der Waals surface area (Å²) in [5.41, 5.74) is -3.22. The quantitative estimate of drug-likeness (QED) is 0.386. The van der Waals surface area contributed by atoms with Crippen LogP contribution in [0.15, 0.2) is 0 Å². The average Bonchev–Trinajstić information content (AvgIpc) is 2.87. The van der Waals surface area contributed by atoms with Gasteiger partial charge in [0.1, 0.15) is 5.82 Å². The number of carbonyl (C=O) groups excluding carboxylic acids is 4. The van der Waals surface area contributed by atoms with Crippen LogP contribution in [0.1, 0.15) is 87.4 Å². The number of nitrogens with zero attached hydrogens (tertiary/aromatic N) is 7. The molecule has 0 bridgehead atoms. The van der Waals surface area contributed by atoms with E-state index in [-0.39, 0.29) is 49.8 Å². The van der Waals surface area contributed by atoms with E-state index in [2.05, 4.69) is 22.2 Å². The number of rotatable bonds is 11. The fraction of sp³-hybridized carbons (Fsp3) is 0.767. The number of anilines is 2. The number of carbonyl (C=O) groups is 4. The molecule has 0 aliphatic carbocycles. The van der Waals surface area contributed by atoms with Crippen molar-refractivity contribution in [3.05, 3.63) is 5.82 Å². The van der Waals surface area contributed by atoms with Crippen LogP contribution >= 0.6 is 0 Å². The number of unbranched alkanes of at least 4 members (excludes halogenated alkanes) is 1. The molecule has 3 heterocycles. The zero-order chi connectivity index (χ0) is 31.8. The summed E-state index contributed by atoms with van der Waals surface area (Å²) in [5, 5.41) is 3.14. The fourth-order valence-electron chi connectivity index (χ4n) is 6.15. The molecule has 1 aromatic heterocycles. The van der Waals surface area contributed by atoms with E-state index in [4.69, 9.17) is 4.98 Å². The molecule has 0 radical (unpaired) electrons. The van der Waals surface area contributed by atoms with E-state index in [1.807, 2.05) is 44.5 Å². The molecular formula is C30H50N8O4. The van der Waals surface area contributed by atoms with Gasteiger partial charge in [-0.25, -0.2) is 0 Å². The molecule has 4 amide bonds. The monoisotopic (exact) mass is 586 g/mol. The maximum atomic E-state index is 13.4. The summed E-state index contributed by atoms with van der Waals surface area (Å²) in [4.78, 5) is 73.6. The van der Waals surface area contributed by atoms with Gasteiger partial charge in [-0.2, -0.15) is 15.0 Å². The number of aryl methyl sites for hydroxylation is 1. The molecule has 0 aromatic carbocycles. The SMILES string of the molecule is CCCCN(C)c1nc(C)nc(N(CCN2C(=O)C(C)(C)CC(C)(C)C2=O)CCN2C(=O)C(C)(C)NC(C)(C)C2=O)n1. The van der Waals surface area contributed by atoms with Gasteiger partial charge in [0.05, 0.1) is 11.1 Å². The van der Waals surface area contributed by atoms with Gasteiger partial charge in [-0.3, -0.25) is 34.3 Å². The lowest BCUT2D eigenvalue weighted by molar-refractivity contribution is -0.165. The summed E-state index contributed by atoms with van der Waals surface area (Å²) in [6, 6.07) is 0. The molecule has 0 saturated carbocycles. The van der Waals surface area contributed by atoms with Crippen molar-refractivity contribution in [1.82, 2.24) is 30.1 Å². The number of piperazine rings is 1. The van der Waals surface area contributed by atoms with Crippen molar-refractivity contribution >= 4 is 35.5 Å². The van der Waals surface area contributed by atoms with Crippen LogP contribution in [-0.4, -0.2) is 99.2 Å². The van der Waals surface area contributed by atoms with E-state index in [0.29, 0.717) is 24.1 Å². The molecule has 0 spiro atoms. The molecule has 2 aliphatic heterocycles. The van der Waals surface area contributed by atoms with Crippen LogP contribution in [0.4, 0.5) is 11.9 Å². The van der Waals surface area contributed by atoms with E-state index >= 15 is 0 Å². The van der Waals surface area contributed by atoms with Gasteiger partial charge in [-0.05, 0) is 47.5 Å². The van der Waals surface area contributed by atoms with E-state index in [0.717, 1.165) is 19.4 Å². The van der Waals surface area contributed by atoms with Crippen LogP contribution in [0.3, 0.4) is 0 Å². The van der Waals surface area contributed by atoms with Gasteiger partial charge in [0.2, 0.25) is 35.5 Å². The van der Waals surface area contributed by atoms with E-state index in [9.17, 15) is 19.2 Å². The molecule has 12 heteroatoms. The summed E-state index contributed by atoms with van der Waals surface area (Å²) in [5.74, 6) is 0.341. The van der Waals surface area contributed by atoms with E-state index in [1.54, 1.807) is 34.6 Å². The van der Waals surface area contributed by atoms with Crippen LogP contribution in [-0.2, 0) is 19.2 Å². The van der Waals surface area contributed by atoms with Crippen molar-refractivity contribution in [2.75, 3.05) is 49.6 Å². The molecule has 3 rings (SSSR count). The Labute approximate surface area is 250 Å². The minimum Gasteiger partial charge on any atom is -0.344 e. The second-order valence-corrected chi connectivity index (χ2v) is 14.1. The van der Waals surface area contributed by atoms with Gasteiger partial charge in [0, 0.05) is 50.6 Å². The van der Waals surface area contributed by atoms with Crippen LogP contribution in [0.2, 0.25) is 0 Å². The topological polar surface area (TPSA) is 132 Å². The lowest BCUT2D eigenvalue weighted by Crippen LogP contribution is -2.72. The molecule has 12 nitrogen and oxygen atoms in total. The third-order valence-electron chi connectivity index (χ3n) is 8.10. The van der Waals surface area contributed by atoms with Crippen molar-refractivity contribution in [1.29, 1.82) is 0 Å². The fourth-order valence-corrected chi connectivity index (χ4v) is 6.15. The number of imide groups is 2. The predicted octanol–water partition coefficient (Wildman–Crippen LogP) is 2.55. The molecule has 2 fully saturated rings. The number of aromatic nitrogens is 3. The van der Waals surface area contributed by atoms with E-state index < -0.39 is 21.9 Å². The van der Waals surface area contributed by atoms with Crippen LogP contribution in [0, 0.1) is 17.8 Å². The summed E-state index contributed by atoms with van der Waals surface area (Å²) in [6.07, 6.45) is 2.47. The van der Waals surface area contributed by atoms with Gasteiger partial charge in [0.15, 0.2) is 0 Å². The molecule has 42 heavy (non-hydrogen) atoms. The number of hydrogen-bond donors (Lipinski definition) is 1. The van der Waals surface area contributed by atoms with Crippen LogP contribution < -0.4 is 15.1 Å². The lowest BCUT2D eigenvalue weighted by Gasteiger charge is -2.46. The van der Waals surface area contributed by atoms with Gasteiger partial charge in [0.25, 0.3) is 0 Å². The smallest absolute Gasteiger partial charge is 0.249 e. The number of amides is 4. The highest BCUT2D eigenvalue weighted by Crippen LogP contribution is 2.41. The molecule has 2 aliphatic rings. The normalized spacial score (nSPS) is 21.1. The minimum absolute atomic E-state index is 0.0941. The second kappa shape index (κ2) is 11.9. The maximum Gasteiger partial charge on any atom is 0.249 e. The highest BCUT2D eigenvalue weighted by molar-refractivity contribution is 6.06. The van der Waals surface area contributed by atoms with Crippen molar-refractivity contribution in [3.63, 3.8) is 0 Å². The van der Waals surface area contributed by atoms with Gasteiger partial charge in [-0.15, -0.1) is 0 Å². The summed E-state index contributed by atoms with van der Waals surface area (Å²) in [6.45, 7) is 19.9. The highest BCUT2D eigenvalue weighted by atomic mass is 16.2. The first-order valence-electron chi connectivity index (χ1n) is 14.9. The Kier molecular flexibility index (Phi) is 9.41. The molecule has 2 saturated heterocycles. The van der Waals surface area contributed by atoms with Crippen molar-refractivity contribution in [2.24, 2.45) is 10.8 Å². The van der Waals surface area contributed by atoms with Crippen LogP contribution in [0.25, 0.3) is 0 Å². The van der Waals surface area contributed by atoms with Crippen molar-refractivity contribution < 1.29 is 19.2 Å². The third kappa shape index (κ3) is 6.90. The Balaban J connectivity index is 1.95. The Morgan fingerprint density at radius 3 is 1.64 bits per heavy atom. The van der Waals surface area contributed by atoms with E-state index in [1.165, 1.54) is 9.80 Å². The molecular weight excluding hydrogens is 536 g/mol. The maximum absolute atomic E-state index is 13.4. The molecule has 0 unspecified atom stereocenters. The van der Waals surface area contributed by atoms with Gasteiger partial charge >= 0.3 is 0 Å². The third-order valence-corrected chi connectivity index (χ3v) is 8.10. The first-order chi connectivity index (χ1) is 19.2. The number of likely N-dealkylation sites (tertiary alicyclic amines) is 1. The van der Waals surface area contributed by atoms with Crippen LogP contribution in [0.5, 0.6) is 0 Å². The minimum atomic E-state index is -0.926. The molecule has 0 atom stereocenters. The molecule has 234 valence electrons. The lowest BCUT2D eigenvalue weighted by atomic mass is 9.70. The highest BCUT2D eigenvalue weighted by Gasteiger charge is 2.51. The largest absolute Gasteiger partial charge is 0.344 e. The Morgan fingerprint density at radius 1 is 0.714 bits per heavy atom.